The van der Waals surface area contributed by atoms with Crippen molar-refractivity contribution in [2.45, 2.75) is 53.8 Å². The lowest BCUT2D eigenvalue weighted by molar-refractivity contribution is 0.242. The van der Waals surface area contributed by atoms with E-state index in [1.807, 2.05) is 26.0 Å². The number of ether oxygens (including phenoxy) is 1. The molecule has 0 saturated carbocycles. The van der Waals surface area contributed by atoms with Crippen molar-refractivity contribution in [2.24, 2.45) is 0 Å². The van der Waals surface area contributed by atoms with Gasteiger partial charge in [0, 0.05) is 30.2 Å². The van der Waals surface area contributed by atoms with Crippen LogP contribution in [0.2, 0.25) is 0 Å². The predicted octanol–water partition coefficient (Wildman–Crippen LogP) is 4.52. The Hall–Kier alpha value is -1.90. The van der Waals surface area contributed by atoms with E-state index in [0.717, 1.165) is 24.5 Å². The topological polar surface area (TPSA) is 26.2 Å². The van der Waals surface area contributed by atoms with Crippen LogP contribution in [0.5, 0.6) is 5.75 Å². The second-order valence-electron chi connectivity index (χ2n) is 5.69. The third-order valence-electron chi connectivity index (χ3n) is 3.70. The third-order valence-corrected chi connectivity index (χ3v) is 3.70. The van der Waals surface area contributed by atoms with Crippen molar-refractivity contribution < 1.29 is 4.74 Å². The first kappa shape index (κ1) is 15.5. The first-order valence-corrected chi connectivity index (χ1v) is 7.67. The van der Waals surface area contributed by atoms with Crippen LogP contribution in [0.15, 0.2) is 30.3 Å². The molecule has 0 spiro atoms. The number of benzene rings is 1. The molecule has 0 bridgehead atoms. The standard InChI is InChI=1S/C18H26N2O/c1-6-20-14(4)11-16(15(20)5)12-19-17-7-9-18(10-8-17)21-13(2)3/h7-11,13,19H,6,12H2,1-5H3. The summed E-state index contributed by atoms with van der Waals surface area (Å²) in [6, 6.07) is 10.4. The fourth-order valence-electron chi connectivity index (χ4n) is 2.66. The van der Waals surface area contributed by atoms with E-state index in [-0.39, 0.29) is 6.10 Å². The van der Waals surface area contributed by atoms with Gasteiger partial charge in [-0.05, 0) is 70.5 Å². The van der Waals surface area contributed by atoms with Crippen molar-refractivity contribution in [3.63, 3.8) is 0 Å². The second-order valence-corrected chi connectivity index (χ2v) is 5.69. The molecule has 1 aromatic carbocycles. The molecule has 1 heterocycles. The zero-order valence-corrected chi connectivity index (χ0v) is 13.7. The smallest absolute Gasteiger partial charge is 0.119 e. The van der Waals surface area contributed by atoms with Crippen LogP contribution in [0.25, 0.3) is 0 Å². The lowest BCUT2D eigenvalue weighted by atomic mass is 10.2. The highest BCUT2D eigenvalue weighted by atomic mass is 16.5. The molecule has 0 aliphatic heterocycles. The Balaban J connectivity index is 2.00. The first-order chi connectivity index (χ1) is 10.0. The summed E-state index contributed by atoms with van der Waals surface area (Å²) in [6.45, 7) is 12.5. The molecule has 114 valence electrons. The maximum Gasteiger partial charge on any atom is 0.119 e. The molecular formula is C18H26N2O. The van der Waals surface area contributed by atoms with Gasteiger partial charge in [-0.3, -0.25) is 0 Å². The van der Waals surface area contributed by atoms with Crippen molar-refractivity contribution >= 4 is 5.69 Å². The fraction of sp³-hybridized carbons (Fsp3) is 0.444. The molecule has 0 aliphatic rings. The van der Waals surface area contributed by atoms with Crippen LogP contribution >= 0.6 is 0 Å². The maximum absolute atomic E-state index is 5.65. The monoisotopic (exact) mass is 286 g/mol. The highest BCUT2D eigenvalue weighted by Crippen LogP contribution is 2.19. The van der Waals surface area contributed by atoms with Gasteiger partial charge in [0.05, 0.1) is 6.10 Å². The largest absolute Gasteiger partial charge is 0.491 e. The Bertz CT molecular complexity index is 582. The summed E-state index contributed by atoms with van der Waals surface area (Å²) in [5.74, 6) is 0.916. The Labute approximate surface area is 127 Å². The number of nitrogens with zero attached hydrogens (tertiary/aromatic N) is 1. The fourth-order valence-corrected chi connectivity index (χ4v) is 2.66. The van der Waals surface area contributed by atoms with Crippen molar-refractivity contribution in [3.05, 3.63) is 47.3 Å². The van der Waals surface area contributed by atoms with Gasteiger partial charge in [0.2, 0.25) is 0 Å². The van der Waals surface area contributed by atoms with Crippen molar-refractivity contribution in [1.82, 2.24) is 4.57 Å². The lowest BCUT2D eigenvalue weighted by Crippen LogP contribution is -2.06. The summed E-state index contributed by atoms with van der Waals surface area (Å²) in [6.07, 6.45) is 0.211. The Morgan fingerprint density at radius 3 is 2.33 bits per heavy atom. The number of nitrogens with one attached hydrogen (secondary N) is 1. The van der Waals surface area contributed by atoms with E-state index in [2.05, 4.69) is 48.9 Å². The quantitative estimate of drug-likeness (QED) is 0.844. The summed E-state index contributed by atoms with van der Waals surface area (Å²) in [5, 5.41) is 3.48. The molecule has 0 amide bonds. The molecule has 0 fully saturated rings. The van der Waals surface area contributed by atoms with Gasteiger partial charge in [-0.1, -0.05) is 0 Å². The predicted molar refractivity (Wildman–Crippen MR) is 89.1 cm³/mol. The molecule has 0 atom stereocenters. The molecule has 3 nitrogen and oxygen atoms in total. The molecule has 3 heteroatoms. The number of aromatic nitrogens is 1. The van der Waals surface area contributed by atoms with Crippen LogP contribution < -0.4 is 10.1 Å². The van der Waals surface area contributed by atoms with Gasteiger partial charge in [0.15, 0.2) is 0 Å². The molecule has 0 saturated heterocycles. The molecule has 2 rings (SSSR count). The SMILES string of the molecule is CCn1c(C)cc(CNc2ccc(OC(C)C)cc2)c1C. The third kappa shape index (κ3) is 3.81. The number of hydrogen-bond donors (Lipinski definition) is 1. The van der Waals surface area contributed by atoms with E-state index in [1.54, 1.807) is 0 Å². The molecule has 0 radical (unpaired) electrons. The van der Waals surface area contributed by atoms with Gasteiger partial charge >= 0.3 is 0 Å². The van der Waals surface area contributed by atoms with E-state index in [4.69, 9.17) is 4.74 Å². The number of aryl methyl sites for hydroxylation is 1. The van der Waals surface area contributed by atoms with Gasteiger partial charge in [0.1, 0.15) is 5.75 Å². The van der Waals surface area contributed by atoms with E-state index < -0.39 is 0 Å². The minimum atomic E-state index is 0.211. The summed E-state index contributed by atoms with van der Waals surface area (Å²) in [5.41, 5.74) is 5.15. The lowest BCUT2D eigenvalue weighted by Gasteiger charge is -2.11. The van der Waals surface area contributed by atoms with Crippen LogP contribution in [0, 0.1) is 13.8 Å². The minimum Gasteiger partial charge on any atom is -0.491 e. The van der Waals surface area contributed by atoms with E-state index >= 15 is 0 Å². The highest BCUT2D eigenvalue weighted by molar-refractivity contribution is 5.47. The summed E-state index contributed by atoms with van der Waals surface area (Å²) < 4.78 is 8.00. The molecule has 2 aromatic rings. The average Bonchev–Trinajstić information content (AvgIpc) is 2.71. The molecule has 0 unspecified atom stereocenters. The van der Waals surface area contributed by atoms with Crippen molar-refractivity contribution in [2.75, 3.05) is 5.32 Å². The van der Waals surface area contributed by atoms with Gasteiger partial charge in [-0.2, -0.15) is 0 Å². The molecule has 1 N–H and O–H groups in total. The number of hydrogen-bond acceptors (Lipinski definition) is 2. The zero-order chi connectivity index (χ0) is 15.4. The van der Waals surface area contributed by atoms with Crippen LogP contribution in [-0.2, 0) is 13.1 Å². The van der Waals surface area contributed by atoms with Crippen LogP contribution in [0.4, 0.5) is 5.69 Å². The summed E-state index contributed by atoms with van der Waals surface area (Å²) in [4.78, 5) is 0. The van der Waals surface area contributed by atoms with Gasteiger partial charge in [0.25, 0.3) is 0 Å². The minimum absolute atomic E-state index is 0.211. The average molecular weight is 286 g/mol. The Kier molecular flexibility index (Phi) is 4.94. The summed E-state index contributed by atoms with van der Waals surface area (Å²) in [7, 11) is 0. The van der Waals surface area contributed by atoms with Crippen molar-refractivity contribution in [3.8, 4) is 5.75 Å². The molecule has 1 aromatic heterocycles. The van der Waals surface area contributed by atoms with Crippen molar-refractivity contribution in [1.29, 1.82) is 0 Å². The second kappa shape index (κ2) is 6.70. The summed E-state index contributed by atoms with van der Waals surface area (Å²) >= 11 is 0. The Morgan fingerprint density at radius 1 is 1.14 bits per heavy atom. The number of anilines is 1. The van der Waals surface area contributed by atoms with E-state index in [1.165, 1.54) is 17.0 Å². The van der Waals surface area contributed by atoms with Crippen LogP contribution in [-0.4, -0.2) is 10.7 Å². The van der Waals surface area contributed by atoms with Crippen LogP contribution in [0.3, 0.4) is 0 Å². The highest BCUT2D eigenvalue weighted by Gasteiger charge is 2.07. The first-order valence-electron chi connectivity index (χ1n) is 7.67. The normalized spacial score (nSPS) is 11.0. The molecule has 21 heavy (non-hydrogen) atoms. The maximum atomic E-state index is 5.65. The van der Waals surface area contributed by atoms with Gasteiger partial charge < -0.3 is 14.6 Å². The van der Waals surface area contributed by atoms with E-state index in [9.17, 15) is 0 Å². The Morgan fingerprint density at radius 2 is 1.81 bits per heavy atom. The van der Waals surface area contributed by atoms with Gasteiger partial charge in [-0.15, -0.1) is 0 Å². The van der Waals surface area contributed by atoms with E-state index in [0.29, 0.717) is 0 Å². The molecule has 0 aliphatic carbocycles. The van der Waals surface area contributed by atoms with Crippen LogP contribution in [0.1, 0.15) is 37.7 Å². The zero-order valence-electron chi connectivity index (χ0n) is 13.7. The van der Waals surface area contributed by atoms with Gasteiger partial charge in [-0.25, -0.2) is 0 Å². The number of rotatable bonds is 6. The molecular weight excluding hydrogens is 260 g/mol.